The zero-order valence-corrected chi connectivity index (χ0v) is 14.3. The van der Waals surface area contributed by atoms with Crippen molar-refractivity contribution in [3.05, 3.63) is 0 Å². The van der Waals surface area contributed by atoms with Crippen LogP contribution in [0.5, 0.6) is 0 Å². The normalized spacial score (nSPS) is 21.5. The van der Waals surface area contributed by atoms with Gasteiger partial charge in [0, 0.05) is 6.61 Å². The van der Waals surface area contributed by atoms with Crippen LogP contribution in [0.4, 0.5) is 0 Å². The molecule has 1 aliphatic heterocycles. The SMILES string of the molecule is CC(C)[C@@H](NS(=O)(=O)CC1CCCO1)C(=O)OC(C)(C)C. The molecular weight excluding hydrogens is 294 g/mol. The predicted molar refractivity (Wildman–Crippen MR) is 80.4 cm³/mol. The summed E-state index contributed by atoms with van der Waals surface area (Å²) >= 11 is 0. The molecule has 1 heterocycles. The molecule has 1 rings (SSSR count). The minimum atomic E-state index is -3.59. The third-order valence-corrected chi connectivity index (χ3v) is 4.49. The zero-order valence-electron chi connectivity index (χ0n) is 13.5. The highest BCUT2D eigenvalue weighted by atomic mass is 32.2. The van der Waals surface area contributed by atoms with E-state index < -0.39 is 27.6 Å². The molecule has 7 heteroatoms. The number of hydrogen-bond donors (Lipinski definition) is 1. The number of rotatable bonds is 6. The summed E-state index contributed by atoms with van der Waals surface area (Å²) in [7, 11) is -3.59. The maximum absolute atomic E-state index is 12.2. The molecule has 21 heavy (non-hydrogen) atoms. The maximum Gasteiger partial charge on any atom is 0.324 e. The van der Waals surface area contributed by atoms with Gasteiger partial charge in [-0.2, -0.15) is 0 Å². The number of esters is 1. The Labute approximate surface area is 127 Å². The number of ether oxygens (including phenoxy) is 2. The predicted octanol–water partition coefficient (Wildman–Crippen LogP) is 1.45. The molecule has 1 fully saturated rings. The summed E-state index contributed by atoms with van der Waals surface area (Å²) in [4.78, 5) is 12.1. The van der Waals surface area contributed by atoms with Crippen LogP contribution in [0.25, 0.3) is 0 Å². The first-order valence-corrected chi connectivity index (χ1v) is 9.00. The standard InChI is InChI=1S/C14H27NO5S/c1-10(2)12(13(16)20-14(3,4)5)15-21(17,18)9-11-7-6-8-19-11/h10-12,15H,6-9H2,1-5H3/t11?,12-/m1/s1. The topological polar surface area (TPSA) is 81.7 Å². The molecule has 1 N–H and O–H groups in total. The molecule has 0 bridgehead atoms. The van der Waals surface area contributed by atoms with Gasteiger partial charge in [-0.25, -0.2) is 13.1 Å². The van der Waals surface area contributed by atoms with Crippen LogP contribution in [0.15, 0.2) is 0 Å². The molecule has 0 aromatic rings. The molecule has 124 valence electrons. The number of sulfonamides is 1. The van der Waals surface area contributed by atoms with E-state index in [0.717, 1.165) is 12.8 Å². The van der Waals surface area contributed by atoms with Crippen molar-refractivity contribution in [3.8, 4) is 0 Å². The molecule has 0 spiro atoms. The lowest BCUT2D eigenvalue weighted by Crippen LogP contribution is -2.48. The first-order valence-electron chi connectivity index (χ1n) is 7.34. The van der Waals surface area contributed by atoms with Gasteiger partial charge in [-0.3, -0.25) is 4.79 Å². The molecule has 0 aliphatic carbocycles. The number of carbonyl (C=O) groups is 1. The summed E-state index contributed by atoms with van der Waals surface area (Å²) in [6, 6.07) is -0.879. The molecule has 0 radical (unpaired) electrons. The fourth-order valence-electron chi connectivity index (χ4n) is 2.08. The van der Waals surface area contributed by atoms with Crippen LogP contribution in [0, 0.1) is 5.92 Å². The Kier molecular flexibility index (Phi) is 6.19. The lowest BCUT2D eigenvalue weighted by Gasteiger charge is -2.26. The minimum absolute atomic E-state index is 0.112. The molecule has 0 saturated carbocycles. The van der Waals surface area contributed by atoms with Gasteiger partial charge in [-0.1, -0.05) is 13.8 Å². The van der Waals surface area contributed by atoms with Crippen LogP contribution in [0.2, 0.25) is 0 Å². The molecule has 2 atom stereocenters. The van der Waals surface area contributed by atoms with Crippen LogP contribution in [0.1, 0.15) is 47.5 Å². The summed E-state index contributed by atoms with van der Waals surface area (Å²) in [6.07, 6.45) is 1.33. The van der Waals surface area contributed by atoms with Crippen LogP contribution in [-0.4, -0.2) is 44.5 Å². The molecule has 0 aromatic heterocycles. The van der Waals surface area contributed by atoms with Gasteiger partial charge in [-0.05, 0) is 39.5 Å². The molecule has 1 unspecified atom stereocenters. The summed E-state index contributed by atoms with van der Waals surface area (Å²) in [6.45, 7) is 9.42. The van der Waals surface area contributed by atoms with Crippen molar-refractivity contribution < 1.29 is 22.7 Å². The minimum Gasteiger partial charge on any atom is -0.459 e. The van der Waals surface area contributed by atoms with Crippen LogP contribution in [-0.2, 0) is 24.3 Å². The maximum atomic E-state index is 12.2. The van der Waals surface area contributed by atoms with E-state index in [4.69, 9.17) is 9.47 Å². The van der Waals surface area contributed by atoms with E-state index in [9.17, 15) is 13.2 Å². The van der Waals surface area contributed by atoms with E-state index in [0.29, 0.717) is 6.61 Å². The van der Waals surface area contributed by atoms with Gasteiger partial charge in [0.05, 0.1) is 11.9 Å². The second-order valence-corrected chi connectivity index (χ2v) is 8.59. The van der Waals surface area contributed by atoms with Crippen LogP contribution < -0.4 is 4.72 Å². The fourth-order valence-corrected chi connectivity index (χ4v) is 3.69. The first-order chi connectivity index (χ1) is 9.50. The number of nitrogens with one attached hydrogen (secondary N) is 1. The second kappa shape index (κ2) is 7.07. The molecule has 1 saturated heterocycles. The van der Waals surface area contributed by atoms with Crippen LogP contribution >= 0.6 is 0 Å². The van der Waals surface area contributed by atoms with E-state index in [1.165, 1.54) is 0 Å². The Morgan fingerprint density at radius 3 is 2.43 bits per heavy atom. The van der Waals surface area contributed by atoms with Gasteiger partial charge in [0.25, 0.3) is 0 Å². The summed E-state index contributed by atoms with van der Waals surface area (Å²) in [5.74, 6) is -0.855. The zero-order chi connectivity index (χ0) is 16.3. The Morgan fingerprint density at radius 2 is 2.00 bits per heavy atom. The Balaban J connectivity index is 2.70. The summed E-state index contributed by atoms with van der Waals surface area (Å²) in [5, 5.41) is 0. The highest BCUT2D eigenvalue weighted by molar-refractivity contribution is 7.89. The summed E-state index contributed by atoms with van der Waals surface area (Å²) < 4.78 is 37.4. The van der Waals surface area contributed by atoms with E-state index in [1.807, 2.05) is 0 Å². The highest BCUT2D eigenvalue weighted by Gasteiger charge is 2.33. The van der Waals surface area contributed by atoms with Crippen LogP contribution in [0.3, 0.4) is 0 Å². The molecule has 0 amide bonds. The Bertz CT molecular complexity index is 446. The number of hydrogen-bond acceptors (Lipinski definition) is 5. The quantitative estimate of drug-likeness (QED) is 0.749. The third-order valence-electron chi connectivity index (χ3n) is 3.06. The van der Waals surface area contributed by atoms with Gasteiger partial charge in [0.1, 0.15) is 11.6 Å². The van der Waals surface area contributed by atoms with E-state index >= 15 is 0 Å². The van der Waals surface area contributed by atoms with Gasteiger partial charge in [0.15, 0.2) is 0 Å². The van der Waals surface area contributed by atoms with Crippen molar-refractivity contribution in [3.63, 3.8) is 0 Å². The van der Waals surface area contributed by atoms with Crippen molar-refractivity contribution >= 4 is 16.0 Å². The monoisotopic (exact) mass is 321 g/mol. The lowest BCUT2D eigenvalue weighted by molar-refractivity contribution is -0.158. The van der Waals surface area contributed by atoms with Crippen molar-refractivity contribution in [1.82, 2.24) is 4.72 Å². The second-order valence-electron chi connectivity index (χ2n) is 6.79. The van der Waals surface area contributed by atoms with Gasteiger partial charge in [-0.15, -0.1) is 0 Å². The Hall–Kier alpha value is -0.660. The van der Waals surface area contributed by atoms with Crippen molar-refractivity contribution in [2.24, 2.45) is 5.92 Å². The van der Waals surface area contributed by atoms with E-state index in [1.54, 1.807) is 34.6 Å². The number of carbonyl (C=O) groups excluding carboxylic acids is 1. The lowest BCUT2D eigenvalue weighted by atomic mass is 10.1. The molecule has 6 nitrogen and oxygen atoms in total. The van der Waals surface area contributed by atoms with Gasteiger partial charge in [0.2, 0.25) is 10.0 Å². The Morgan fingerprint density at radius 1 is 1.38 bits per heavy atom. The van der Waals surface area contributed by atoms with Gasteiger partial charge < -0.3 is 9.47 Å². The molecule has 0 aromatic carbocycles. The average molecular weight is 321 g/mol. The van der Waals surface area contributed by atoms with Crippen molar-refractivity contribution in [1.29, 1.82) is 0 Å². The van der Waals surface area contributed by atoms with Crippen molar-refractivity contribution in [2.45, 2.75) is 65.2 Å². The van der Waals surface area contributed by atoms with Crippen molar-refractivity contribution in [2.75, 3.05) is 12.4 Å². The third kappa shape index (κ3) is 6.76. The molecular formula is C14H27NO5S. The average Bonchev–Trinajstić information content (AvgIpc) is 2.75. The van der Waals surface area contributed by atoms with E-state index in [-0.39, 0.29) is 17.8 Å². The van der Waals surface area contributed by atoms with E-state index in [2.05, 4.69) is 4.72 Å². The summed E-state index contributed by atoms with van der Waals surface area (Å²) in [5.41, 5.74) is -0.649. The first kappa shape index (κ1) is 18.4. The smallest absolute Gasteiger partial charge is 0.324 e. The largest absolute Gasteiger partial charge is 0.459 e. The fraction of sp³-hybridized carbons (Fsp3) is 0.929. The molecule has 1 aliphatic rings. The van der Waals surface area contributed by atoms with Gasteiger partial charge >= 0.3 is 5.97 Å². The highest BCUT2D eigenvalue weighted by Crippen LogP contribution is 2.16.